The number of nitrogens with zero attached hydrogens (tertiary/aromatic N) is 3. The highest BCUT2D eigenvalue weighted by Gasteiger charge is 2.34. The minimum Gasteiger partial charge on any atom is -0.381 e. The van der Waals surface area contributed by atoms with E-state index in [0.717, 1.165) is 30.2 Å². The van der Waals surface area contributed by atoms with Crippen LogP contribution in [0, 0.1) is 6.92 Å². The zero-order valence-corrected chi connectivity index (χ0v) is 14.6. The summed E-state index contributed by atoms with van der Waals surface area (Å²) in [6.45, 7) is 1.86. The average Bonchev–Trinajstić information content (AvgIpc) is 3.21. The molecule has 2 aromatic heterocycles. The molecule has 142 valence electrons. The number of halogens is 4. The van der Waals surface area contributed by atoms with E-state index in [0.29, 0.717) is 17.7 Å². The molecule has 3 aromatic rings. The molecule has 1 fully saturated rings. The third kappa shape index (κ3) is 3.02. The largest absolute Gasteiger partial charge is 0.434 e. The summed E-state index contributed by atoms with van der Waals surface area (Å²) in [5.74, 6) is -0.467. The van der Waals surface area contributed by atoms with Crippen molar-refractivity contribution in [2.75, 3.05) is 5.73 Å². The number of imidazole rings is 1. The van der Waals surface area contributed by atoms with Gasteiger partial charge in [-0.1, -0.05) is 12.1 Å². The summed E-state index contributed by atoms with van der Waals surface area (Å²) in [6.07, 6.45) is -0.991. The Labute approximate surface area is 153 Å². The first-order valence-corrected chi connectivity index (χ1v) is 8.71. The van der Waals surface area contributed by atoms with Crippen LogP contribution in [0.3, 0.4) is 0 Å². The van der Waals surface area contributed by atoms with Crippen molar-refractivity contribution < 1.29 is 17.6 Å². The summed E-state index contributed by atoms with van der Waals surface area (Å²) in [7, 11) is 0. The number of rotatable bonds is 2. The molecule has 0 aliphatic heterocycles. The van der Waals surface area contributed by atoms with Crippen LogP contribution in [0.25, 0.3) is 16.9 Å². The number of nitrogen functional groups attached to an aromatic ring is 1. The molecule has 1 saturated carbocycles. The maximum absolute atomic E-state index is 14.2. The van der Waals surface area contributed by atoms with Gasteiger partial charge in [-0.15, -0.1) is 0 Å². The molecule has 4 rings (SSSR count). The first-order chi connectivity index (χ1) is 12.8. The number of aromatic nitrogens is 3. The molecular formula is C19H18F4N4. The van der Waals surface area contributed by atoms with Gasteiger partial charge in [0.15, 0.2) is 17.2 Å². The van der Waals surface area contributed by atoms with Gasteiger partial charge in [-0.25, -0.2) is 14.4 Å². The van der Waals surface area contributed by atoms with Gasteiger partial charge in [0.05, 0.1) is 11.9 Å². The Bertz CT molecular complexity index is 1010. The second-order valence-electron chi connectivity index (χ2n) is 6.97. The molecule has 1 aromatic carbocycles. The minimum absolute atomic E-state index is 0.159. The lowest BCUT2D eigenvalue weighted by molar-refractivity contribution is -0.141. The molecule has 8 heteroatoms. The molecule has 1 aliphatic carbocycles. The predicted molar refractivity (Wildman–Crippen MR) is 94.1 cm³/mol. The highest BCUT2D eigenvalue weighted by molar-refractivity contribution is 5.72. The maximum atomic E-state index is 14.2. The molecule has 0 amide bonds. The molecule has 2 unspecified atom stereocenters. The smallest absolute Gasteiger partial charge is 0.381 e. The van der Waals surface area contributed by atoms with Crippen LogP contribution in [0.2, 0.25) is 0 Å². The number of hydrogen-bond acceptors (Lipinski definition) is 3. The quantitative estimate of drug-likeness (QED) is 0.645. The number of aryl methyl sites for hydroxylation is 1. The third-order valence-corrected chi connectivity index (χ3v) is 5.21. The van der Waals surface area contributed by atoms with Crippen molar-refractivity contribution in [2.24, 2.45) is 0 Å². The highest BCUT2D eigenvalue weighted by atomic mass is 19.4. The summed E-state index contributed by atoms with van der Waals surface area (Å²) in [5.41, 5.74) is 7.65. The number of hydrogen-bond donors (Lipinski definition) is 1. The van der Waals surface area contributed by atoms with Gasteiger partial charge in [0.25, 0.3) is 0 Å². The summed E-state index contributed by atoms with van der Waals surface area (Å²) in [5, 5.41) is 0. The lowest BCUT2D eigenvalue weighted by atomic mass is 9.92. The van der Waals surface area contributed by atoms with Gasteiger partial charge in [0, 0.05) is 17.7 Å². The number of alkyl halides is 4. The van der Waals surface area contributed by atoms with Gasteiger partial charge >= 0.3 is 6.18 Å². The highest BCUT2D eigenvalue weighted by Crippen LogP contribution is 2.39. The Hall–Kier alpha value is -2.64. The lowest BCUT2D eigenvalue weighted by Crippen LogP contribution is -2.12. The van der Waals surface area contributed by atoms with E-state index in [9.17, 15) is 17.6 Å². The average molecular weight is 378 g/mol. The Kier molecular flexibility index (Phi) is 4.09. The van der Waals surface area contributed by atoms with Gasteiger partial charge in [-0.3, -0.25) is 4.40 Å². The second kappa shape index (κ2) is 6.21. The molecule has 0 radical (unpaired) electrons. The van der Waals surface area contributed by atoms with Crippen molar-refractivity contribution in [1.82, 2.24) is 14.4 Å². The van der Waals surface area contributed by atoms with Crippen molar-refractivity contribution in [3.63, 3.8) is 0 Å². The van der Waals surface area contributed by atoms with E-state index in [1.54, 1.807) is 0 Å². The normalized spacial score (nSPS) is 20.5. The van der Waals surface area contributed by atoms with Crippen molar-refractivity contribution in [2.45, 2.75) is 44.5 Å². The van der Waals surface area contributed by atoms with E-state index in [2.05, 4.69) is 9.97 Å². The van der Waals surface area contributed by atoms with E-state index in [4.69, 9.17) is 5.73 Å². The van der Waals surface area contributed by atoms with Gasteiger partial charge in [0.2, 0.25) is 0 Å². The molecular weight excluding hydrogens is 360 g/mol. The fourth-order valence-electron chi connectivity index (χ4n) is 3.78. The fraction of sp³-hybridized carbons (Fsp3) is 0.368. The molecule has 4 nitrogen and oxygen atoms in total. The van der Waals surface area contributed by atoms with Crippen LogP contribution in [-0.4, -0.2) is 20.5 Å². The van der Waals surface area contributed by atoms with Crippen LogP contribution in [0.4, 0.5) is 23.4 Å². The van der Waals surface area contributed by atoms with Gasteiger partial charge < -0.3 is 5.73 Å². The van der Waals surface area contributed by atoms with Crippen LogP contribution < -0.4 is 5.73 Å². The number of fused-ring (bicyclic) bond motifs is 1. The van der Waals surface area contributed by atoms with E-state index in [-0.39, 0.29) is 17.4 Å². The van der Waals surface area contributed by atoms with Gasteiger partial charge in [0.1, 0.15) is 6.17 Å². The fourth-order valence-corrected chi connectivity index (χ4v) is 3.78. The zero-order valence-electron chi connectivity index (χ0n) is 14.6. The summed E-state index contributed by atoms with van der Waals surface area (Å²) in [4.78, 5) is 7.55. The zero-order chi connectivity index (χ0) is 19.3. The van der Waals surface area contributed by atoms with Crippen molar-refractivity contribution in [1.29, 1.82) is 0 Å². The molecule has 2 atom stereocenters. The Morgan fingerprint density at radius 3 is 2.67 bits per heavy atom. The van der Waals surface area contributed by atoms with Crippen LogP contribution in [-0.2, 0) is 6.18 Å². The molecule has 2 N–H and O–H groups in total. The summed E-state index contributed by atoms with van der Waals surface area (Å²) in [6, 6.07) is 5.61. The predicted octanol–water partition coefficient (Wildman–Crippen LogP) is 4.91. The molecule has 0 bridgehead atoms. The van der Waals surface area contributed by atoms with E-state index >= 15 is 0 Å². The summed E-state index contributed by atoms with van der Waals surface area (Å²) >= 11 is 0. The van der Waals surface area contributed by atoms with Crippen molar-refractivity contribution >= 4 is 11.5 Å². The first kappa shape index (κ1) is 17.8. The van der Waals surface area contributed by atoms with Crippen LogP contribution in [0.5, 0.6) is 0 Å². The van der Waals surface area contributed by atoms with E-state index in [1.807, 2.05) is 25.1 Å². The molecule has 0 saturated heterocycles. The second-order valence-corrected chi connectivity index (χ2v) is 6.97. The summed E-state index contributed by atoms with van der Waals surface area (Å²) < 4.78 is 54.9. The molecule has 0 spiro atoms. The van der Waals surface area contributed by atoms with Crippen LogP contribution >= 0.6 is 0 Å². The third-order valence-electron chi connectivity index (χ3n) is 5.21. The Morgan fingerprint density at radius 1 is 1.22 bits per heavy atom. The van der Waals surface area contributed by atoms with E-state index < -0.39 is 18.0 Å². The van der Waals surface area contributed by atoms with E-state index in [1.165, 1.54) is 10.6 Å². The Morgan fingerprint density at radius 2 is 2.00 bits per heavy atom. The molecule has 2 heterocycles. The SMILES string of the molecule is Cc1ccc(C2CCCC2F)cc1-c1cnc2c(N)nc(C(F)(F)F)cn12. The lowest BCUT2D eigenvalue weighted by Gasteiger charge is -2.16. The standard InChI is InChI=1S/C19H18F4N4/c1-10-5-6-11(12-3-2-4-14(12)20)7-13(10)15-8-25-18-17(24)26-16(9-27(15)18)19(21,22)23/h5-9,12,14H,2-4H2,1H3,(H2,24,26). The van der Waals surface area contributed by atoms with Crippen molar-refractivity contribution in [3.05, 3.63) is 47.4 Å². The Balaban J connectivity index is 1.88. The maximum Gasteiger partial charge on any atom is 0.434 e. The van der Waals surface area contributed by atoms with Crippen LogP contribution in [0.15, 0.2) is 30.6 Å². The number of benzene rings is 1. The molecule has 27 heavy (non-hydrogen) atoms. The van der Waals surface area contributed by atoms with Gasteiger partial charge in [-0.05, 0) is 43.4 Å². The minimum atomic E-state index is -4.62. The topological polar surface area (TPSA) is 56.2 Å². The number of nitrogens with two attached hydrogens (primary N) is 1. The van der Waals surface area contributed by atoms with Crippen molar-refractivity contribution in [3.8, 4) is 11.3 Å². The van der Waals surface area contributed by atoms with Gasteiger partial charge in [-0.2, -0.15) is 13.2 Å². The van der Waals surface area contributed by atoms with Crippen LogP contribution in [0.1, 0.15) is 42.0 Å². The molecule has 1 aliphatic rings. The monoisotopic (exact) mass is 378 g/mol. The number of anilines is 1. The first-order valence-electron chi connectivity index (χ1n) is 8.71.